The molecule has 1 aromatic carbocycles. The Morgan fingerprint density at radius 2 is 2.17 bits per heavy atom. The lowest BCUT2D eigenvalue weighted by Gasteiger charge is -2.33. The summed E-state index contributed by atoms with van der Waals surface area (Å²) in [6, 6.07) is 6.22. The minimum Gasteiger partial charge on any atom is -0.344 e. The van der Waals surface area contributed by atoms with Crippen LogP contribution in [0, 0.1) is 11.7 Å². The predicted molar refractivity (Wildman–Crippen MR) is 92.5 cm³/mol. The van der Waals surface area contributed by atoms with Crippen LogP contribution in [0.4, 0.5) is 4.39 Å². The van der Waals surface area contributed by atoms with Crippen molar-refractivity contribution in [1.29, 1.82) is 0 Å². The largest absolute Gasteiger partial charge is 0.344 e. The third-order valence-corrected chi connectivity index (χ3v) is 4.10. The molecule has 0 saturated heterocycles. The van der Waals surface area contributed by atoms with E-state index in [0.29, 0.717) is 13.1 Å². The van der Waals surface area contributed by atoms with Crippen molar-refractivity contribution in [2.24, 2.45) is 11.7 Å². The lowest BCUT2D eigenvalue weighted by Crippen LogP contribution is -2.55. The molecule has 1 atom stereocenters. The van der Waals surface area contributed by atoms with E-state index in [1.54, 1.807) is 12.1 Å². The molecule has 0 radical (unpaired) electrons. The standard InChI is InChI=1S/C16H22FN5O.ClH/c1-11(2)16(3,10-18)19-15(23)14-9-22(21-20-14)8-12-5-4-6-13(17)7-12;/h4-7,9,11H,8,10,18H2,1-3H3,(H,19,23);1H. The van der Waals surface area contributed by atoms with Gasteiger partial charge in [0.1, 0.15) is 5.82 Å². The van der Waals surface area contributed by atoms with Gasteiger partial charge in [-0.25, -0.2) is 9.07 Å². The van der Waals surface area contributed by atoms with E-state index in [1.165, 1.54) is 23.0 Å². The molecule has 0 aliphatic rings. The van der Waals surface area contributed by atoms with Gasteiger partial charge in [0.2, 0.25) is 0 Å². The number of nitrogens with two attached hydrogens (primary N) is 1. The van der Waals surface area contributed by atoms with Gasteiger partial charge in [-0.15, -0.1) is 17.5 Å². The van der Waals surface area contributed by atoms with Crippen LogP contribution >= 0.6 is 12.4 Å². The van der Waals surface area contributed by atoms with Gasteiger partial charge in [0.15, 0.2) is 5.69 Å². The molecule has 6 nitrogen and oxygen atoms in total. The molecular weight excluding hydrogens is 333 g/mol. The maximum absolute atomic E-state index is 13.2. The fraction of sp³-hybridized carbons (Fsp3) is 0.438. The number of nitrogens with one attached hydrogen (secondary N) is 1. The number of halogens is 2. The Balaban J connectivity index is 0.00000288. The number of benzene rings is 1. The first-order chi connectivity index (χ1) is 10.8. The molecule has 24 heavy (non-hydrogen) atoms. The Morgan fingerprint density at radius 1 is 1.46 bits per heavy atom. The number of hydrogen-bond donors (Lipinski definition) is 2. The highest BCUT2D eigenvalue weighted by molar-refractivity contribution is 5.92. The molecule has 0 saturated carbocycles. The van der Waals surface area contributed by atoms with E-state index in [9.17, 15) is 9.18 Å². The summed E-state index contributed by atoms with van der Waals surface area (Å²) < 4.78 is 14.7. The van der Waals surface area contributed by atoms with Crippen molar-refractivity contribution in [2.45, 2.75) is 32.9 Å². The zero-order chi connectivity index (χ0) is 17.0. The minimum atomic E-state index is -0.510. The molecule has 0 aliphatic carbocycles. The van der Waals surface area contributed by atoms with Crippen LogP contribution in [0.2, 0.25) is 0 Å². The van der Waals surface area contributed by atoms with Gasteiger partial charge in [-0.1, -0.05) is 31.2 Å². The summed E-state index contributed by atoms with van der Waals surface area (Å²) in [5.41, 5.74) is 6.21. The normalized spacial score (nSPS) is 13.2. The predicted octanol–water partition coefficient (Wildman–Crippen LogP) is 1.99. The zero-order valence-electron chi connectivity index (χ0n) is 14.0. The van der Waals surface area contributed by atoms with Crippen molar-refractivity contribution in [3.05, 3.63) is 47.5 Å². The Bertz CT molecular complexity index is 691. The van der Waals surface area contributed by atoms with Crippen LogP contribution < -0.4 is 11.1 Å². The van der Waals surface area contributed by atoms with Crippen LogP contribution in [0.3, 0.4) is 0 Å². The number of hydrogen-bond acceptors (Lipinski definition) is 4. The first-order valence-electron chi connectivity index (χ1n) is 7.51. The van der Waals surface area contributed by atoms with E-state index >= 15 is 0 Å². The highest BCUT2D eigenvalue weighted by Crippen LogP contribution is 2.15. The van der Waals surface area contributed by atoms with Crippen LogP contribution in [-0.2, 0) is 6.54 Å². The molecule has 1 aromatic heterocycles. The summed E-state index contributed by atoms with van der Waals surface area (Å²) in [5.74, 6) is -0.452. The molecule has 0 fully saturated rings. The fourth-order valence-corrected chi connectivity index (χ4v) is 2.06. The Hall–Kier alpha value is -1.99. The molecule has 1 heterocycles. The molecule has 2 aromatic rings. The van der Waals surface area contributed by atoms with Crippen LogP contribution in [0.15, 0.2) is 30.5 Å². The Kier molecular flexibility index (Phi) is 6.86. The number of amides is 1. The summed E-state index contributed by atoms with van der Waals surface area (Å²) in [6.45, 7) is 6.55. The van der Waals surface area contributed by atoms with Gasteiger partial charge >= 0.3 is 0 Å². The van der Waals surface area contributed by atoms with Gasteiger partial charge in [-0.3, -0.25) is 4.79 Å². The number of rotatable bonds is 6. The number of carbonyl (C=O) groups excluding carboxylic acids is 1. The Morgan fingerprint density at radius 3 is 2.75 bits per heavy atom. The van der Waals surface area contributed by atoms with Gasteiger partial charge in [0.05, 0.1) is 18.3 Å². The van der Waals surface area contributed by atoms with E-state index in [1.807, 2.05) is 20.8 Å². The molecular formula is C16H23ClFN5O. The molecule has 8 heteroatoms. The first-order valence-corrected chi connectivity index (χ1v) is 7.51. The van der Waals surface area contributed by atoms with Gasteiger partial charge in [-0.2, -0.15) is 0 Å². The molecule has 132 valence electrons. The maximum atomic E-state index is 13.2. The summed E-state index contributed by atoms with van der Waals surface area (Å²) in [5, 5.41) is 10.7. The van der Waals surface area contributed by atoms with E-state index in [4.69, 9.17) is 5.73 Å². The van der Waals surface area contributed by atoms with E-state index < -0.39 is 5.54 Å². The summed E-state index contributed by atoms with van der Waals surface area (Å²) in [6.07, 6.45) is 1.54. The third kappa shape index (κ3) is 4.75. The lowest BCUT2D eigenvalue weighted by atomic mass is 9.88. The van der Waals surface area contributed by atoms with Crippen molar-refractivity contribution in [3.8, 4) is 0 Å². The summed E-state index contributed by atoms with van der Waals surface area (Å²) in [4.78, 5) is 12.3. The summed E-state index contributed by atoms with van der Waals surface area (Å²) >= 11 is 0. The highest BCUT2D eigenvalue weighted by Gasteiger charge is 2.29. The average Bonchev–Trinajstić information content (AvgIpc) is 2.95. The zero-order valence-corrected chi connectivity index (χ0v) is 14.8. The number of nitrogens with zero attached hydrogens (tertiary/aromatic N) is 3. The van der Waals surface area contributed by atoms with E-state index in [0.717, 1.165) is 5.56 Å². The van der Waals surface area contributed by atoms with Crippen LogP contribution in [0.1, 0.15) is 36.8 Å². The van der Waals surface area contributed by atoms with Gasteiger partial charge < -0.3 is 11.1 Å². The summed E-state index contributed by atoms with van der Waals surface area (Å²) in [7, 11) is 0. The van der Waals surface area contributed by atoms with Gasteiger partial charge in [-0.05, 0) is 30.5 Å². The third-order valence-electron chi connectivity index (χ3n) is 4.10. The van der Waals surface area contributed by atoms with Crippen molar-refractivity contribution in [2.75, 3.05) is 6.54 Å². The van der Waals surface area contributed by atoms with Crippen LogP contribution in [-0.4, -0.2) is 33.0 Å². The van der Waals surface area contributed by atoms with E-state index in [2.05, 4.69) is 15.6 Å². The fourth-order valence-electron chi connectivity index (χ4n) is 2.06. The lowest BCUT2D eigenvalue weighted by molar-refractivity contribution is 0.0878. The second-order valence-corrected chi connectivity index (χ2v) is 6.16. The van der Waals surface area contributed by atoms with Crippen molar-refractivity contribution in [1.82, 2.24) is 20.3 Å². The minimum absolute atomic E-state index is 0. The molecule has 1 amide bonds. The molecule has 0 bridgehead atoms. The average molecular weight is 356 g/mol. The van der Waals surface area contributed by atoms with Crippen LogP contribution in [0.25, 0.3) is 0 Å². The molecule has 0 aliphatic heterocycles. The highest BCUT2D eigenvalue weighted by atomic mass is 35.5. The van der Waals surface area contributed by atoms with Crippen molar-refractivity contribution >= 4 is 18.3 Å². The Labute approximate surface area is 147 Å². The smallest absolute Gasteiger partial charge is 0.273 e. The van der Waals surface area contributed by atoms with Crippen molar-refractivity contribution in [3.63, 3.8) is 0 Å². The first kappa shape index (κ1) is 20.1. The maximum Gasteiger partial charge on any atom is 0.273 e. The molecule has 1 unspecified atom stereocenters. The number of carbonyl (C=O) groups is 1. The van der Waals surface area contributed by atoms with E-state index in [-0.39, 0.29) is 35.7 Å². The second-order valence-electron chi connectivity index (χ2n) is 6.16. The van der Waals surface area contributed by atoms with Gasteiger partial charge in [0.25, 0.3) is 5.91 Å². The molecule has 3 N–H and O–H groups in total. The van der Waals surface area contributed by atoms with Gasteiger partial charge in [0, 0.05) is 6.54 Å². The monoisotopic (exact) mass is 355 g/mol. The molecule has 0 spiro atoms. The SMILES string of the molecule is CC(C)C(C)(CN)NC(=O)c1cn(Cc2cccc(F)c2)nn1.Cl. The van der Waals surface area contributed by atoms with Crippen molar-refractivity contribution < 1.29 is 9.18 Å². The number of aromatic nitrogens is 3. The van der Waals surface area contributed by atoms with Crippen LogP contribution in [0.5, 0.6) is 0 Å². The second kappa shape index (κ2) is 8.21. The topological polar surface area (TPSA) is 85.8 Å². The quantitative estimate of drug-likeness (QED) is 0.829. The molecule has 2 rings (SSSR count).